The van der Waals surface area contributed by atoms with Crippen LogP contribution in [-0.4, -0.2) is 52.0 Å². The Kier molecular flexibility index (Phi) is 5.76. The summed E-state index contributed by atoms with van der Waals surface area (Å²) in [5.41, 5.74) is 2.02. The zero-order valence-corrected chi connectivity index (χ0v) is 15.5. The van der Waals surface area contributed by atoms with Crippen molar-refractivity contribution in [1.29, 1.82) is 0 Å². The van der Waals surface area contributed by atoms with Crippen molar-refractivity contribution in [2.45, 2.75) is 32.5 Å². The van der Waals surface area contributed by atoms with Crippen LogP contribution in [0.25, 0.3) is 6.08 Å². The molecule has 0 spiro atoms. The van der Waals surface area contributed by atoms with Crippen LogP contribution in [0.1, 0.15) is 35.5 Å². The summed E-state index contributed by atoms with van der Waals surface area (Å²) in [5, 5.41) is 8.69. The van der Waals surface area contributed by atoms with Crippen LogP contribution in [0.15, 0.2) is 53.2 Å². The number of hydrogen-bond acceptors (Lipinski definition) is 4. The summed E-state index contributed by atoms with van der Waals surface area (Å²) in [6, 6.07) is 11.5. The van der Waals surface area contributed by atoms with Crippen LogP contribution in [-0.2, 0) is 11.3 Å². The highest BCUT2D eigenvalue weighted by atomic mass is 16.4. The number of aliphatic carboxylic acids is 1. The molecule has 0 aliphatic carbocycles. The maximum Gasteiger partial charge on any atom is 0.328 e. The molecule has 1 aliphatic heterocycles. The predicted octanol–water partition coefficient (Wildman–Crippen LogP) is 3.11. The molecule has 142 valence electrons. The Morgan fingerprint density at radius 3 is 2.37 bits per heavy atom. The SMILES string of the molecule is C[C@@H]1CN(Cc2ccc(C=CC(=O)O)cc2)C[C@H](C)N1C(=O)c1ccco1. The van der Waals surface area contributed by atoms with Gasteiger partial charge in [0.25, 0.3) is 5.91 Å². The highest BCUT2D eigenvalue weighted by molar-refractivity contribution is 5.92. The molecule has 2 heterocycles. The van der Waals surface area contributed by atoms with Gasteiger partial charge in [0.15, 0.2) is 5.76 Å². The standard InChI is InChI=1S/C21H24N2O4/c1-15-12-22(13-16(2)23(15)21(26)19-4-3-11-27-19)14-18-7-5-17(6-8-18)9-10-20(24)25/h3-11,15-16H,12-14H2,1-2H3,(H,24,25)/t15-,16+. The first kappa shape index (κ1) is 18.9. The number of piperazine rings is 1. The van der Waals surface area contributed by atoms with Gasteiger partial charge < -0.3 is 14.4 Å². The van der Waals surface area contributed by atoms with Crippen molar-refractivity contribution in [2.75, 3.05) is 13.1 Å². The van der Waals surface area contributed by atoms with E-state index >= 15 is 0 Å². The number of rotatable bonds is 5. The number of nitrogens with zero attached hydrogens (tertiary/aromatic N) is 2. The van der Waals surface area contributed by atoms with E-state index in [1.54, 1.807) is 18.2 Å². The Morgan fingerprint density at radius 2 is 1.81 bits per heavy atom. The Morgan fingerprint density at radius 1 is 1.15 bits per heavy atom. The number of carbonyl (C=O) groups excluding carboxylic acids is 1. The summed E-state index contributed by atoms with van der Waals surface area (Å²) in [7, 11) is 0. The second-order valence-corrected chi connectivity index (χ2v) is 7.00. The van der Waals surface area contributed by atoms with Crippen molar-refractivity contribution in [3.8, 4) is 0 Å². The third-order valence-electron chi connectivity index (χ3n) is 4.77. The number of benzene rings is 1. The topological polar surface area (TPSA) is 74.0 Å². The number of amides is 1. The van der Waals surface area contributed by atoms with Crippen LogP contribution < -0.4 is 0 Å². The second-order valence-electron chi connectivity index (χ2n) is 7.00. The van der Waals surface area contributed by atoms with Gasteiger partial charge in [-0.15, -0.1) is 0 Å². The largest absolute Gasteiger partial charge is 0.478 e. The van der Waals surface area contributed by atoms with Gasteiger partial charge in [-0.1, -0.05) is 24.3 Å². The van der Waals surface area contributed by atoms with E-state index in [-0.39, 0.29) is 18.0 Å². The summed E-state index contributed by atoms with van der Waals surface area (Å²) in [6.45, 7) is 6.49. The van der Waals surface area contributed by atoms with Gasteiger partial charge in [0.1, 0.15) is 0 Å². The van der Waals surface area contributed by atoms with Crippen LogP contribution >= 0.6 is 0 Å². The van der Waals surface area contributed by atoms with Gasteiger partial charge in [-0.25, -0.2) is 4.79 Å². The molecule has 27 heavy (non-hydrogen) atoms. The molecule has 0 radical (unpaired) electrons. The Labute approximate surface area is 158 Å². The molecule has 2 aromatic rings. The van der Waals surface area contributed by atoms with Gasteiger partial charge in [-0.3, -0.25) is 9.69 Å². The van der Waals surface area contributed by atoms with Crippen molar-refractivity contribution in [3.05, 3.63) is 65.6 Å². The van der Waals surface area contributed by atoms with Crippen molar-refractivity contribution in [1.82, 2.24) is 9.80 Å². The Balaban J connectivity index is 1.62. The minimum absolute atomic E-state index is 0.0609. The molecule has 1 aliphatic rings. The maximum absolute atomic E-state index is 12.7. The highest BCUT2D eigenvalue weighted by Gasteiger charge is 2.34. The first-order valence-corrected chi connectivity index (χ1v) is 9.02. The van der Waals surface area contributed by atoms with Gasteiger partial charge in [0.05, 0.1) is 6.26 Å². The van der Waals surface area contributed by atoms with Crippen LogP contribution in [0.2, 0.25) is 0 Å². The molecule has 1 fully saturated rings. The van der Waals surface area contributed by atoms with Crippen molar-refractivity contribution in [2.24, 2.45) is 0 Å². The normalized spacial score (nSPS) is 20.9. The molecule has 1 amide bonds. The van der Waals surface area contributed by atoms with Crippen LogP contribution in [0.3, 0.4) is 0 Å². The lowest BCUT2D eigenvalue weighted by Gasteiger charge is -2.44. The van der Waals surface area contributed by atoms with Crippen molar-refractivity contribution >= 4 is 18.0 Å². The summed E-state index contributed by atoms with van der Waals surface area (Å²) in [4.78, 5) is 27.5. The van der Waals surface area contributed by atoms with E-state index in [4.69, 9.17) is 9.52 Å². The summed E-state index contributed by atoms with van der Waals surface area (Å²) < 4.78 is 5.27. The molecule has 0 bridgehead atoms. The lowest BCUT2D eigenvalue weighted by atomic mass is 10.1. The van der Waals surface area contributed by atoms with E-state index in [0.29, 0.717) is 5.76 Å². The molecule has 1 saturated heterocycles. The quantitative estimate of drug-likeness (QED) is 0.821. The molecular formula is C21H24N2O4. The van der Waals surface area contributed by atoms with Gasteiger partial charge in [-0.2, -0.15) is 0 Å². The molecule has 1 aromatic carbocycles. The number of furan rings is 1. The Hall–Kier alpha value is -2.86. The minimum Gasteiger partial charge on any atom is -0.478 e. The lowest BCUT2D eigenvalue weighted by Crippen LogP contribution is -2.58. The van der Waals surface area contributed by atoms with Gasteiger partial charge in [0.2, 0.25) is 0 Å². The summed E-state index contributed by atoms with van der Waals surface area (Å²) >= 11 is 0. The van der Waals surface area contributed by atoms with Crippen LogP contribution in [0.5, 0.6) is 0 Å². The fourth-order valence-corrected chi connectivity index (χ4v) is 3.65. The fourth-order valence-electron chi connectivity index (χ4n) is 3.65. The molecule has 6 heteroatoms. The van der Waals surface area contributed by atoms with E-state index in [9.17, 15) is 9.59 Å². The highest BCUT2D eigenvalue weighted by Crippen LogP contribution is 2.21. The molecule has 0 unspecified atom stereocenters. The third kappa shape index (κ3) is 4.65. The van der Waals surface area contributed by atoms with E-state index in [1.165, 1.54) is 6.26 Å². The second kappa shape index (κ2) is 8.22. The molecule has 6 nitrogen and oxygen atoms in total. The molecule has 2 atom stereocenters. The smallest absolute Gasteiger partial charge is 0.328 e. The van der Waals surface area contributed by atoms with Gasteiger partial charge in [-0.05, 0) is 43.2 Å². The number of hydrogen-bond donors (Lipinski definition) is 1. The monoisotopic (exact) mass is 368 g/mol. The average Bonchev–Trinajstić information content (AvgIpc) is 3.15. The lowest BCUT2D eigenvalue weighted by molar-refractivity contribution is -0.131. The van der Waals surface area contributed by atoms with Gasteiger partial charge in [0, 0.05) is 37.8 Å². The zero-order chi connectivity index (χ0) is 19.4. The van der Waals surface area contributed by atoms with Crippen molar-refractivity contribution in [3.63, 3.8) is 0 Å². The minimum atomic E-state index is -0.955. The average molecular weight is 368 g/mol. The van der Waals surface area contributed by atoms with E-state index in [2.05, 4.69) is 18.7 Å². The van der Waals surface area contributed by atoms with E-state index < -0.39 is 5.97 Å². The maximum atomic E-state index is 12.7. The number of carbonyl (C=O) groups is 2. The first-order valence-electron chi connectivity index (χ1n) is 9.02. The Bertz CT molecular complexity index is 799. The molecular weight excluding hydrogens is 344 g/mol. The van der Waals surface area contributed by atoms with Gasteiger partial charge >= 0.3 is 5.97 Å². The third-order valence-corrected chi connectivity index (χ3v) is 4.77. The molecule has 3 rings (SSSR count). The zero-order valence-electron chi connectivity index (χ0n) is 15.5. The summed E-state index contributed by atoms with van der Waals surface area (Å²) in [5.74, 6) is -0.634. The van der Waals surface area contributed by atoms with Crippen LogP contribution in [0.4, 0.5) is 0 Å². The summed E-state index contributed by atoms with van der Waals surface area (Å²) in [6.07, 6.45) is 4.23. The number of carboxylic acids is 1. The predicted molar refractivity (Wildman–Crippen MR) is 102 cm³/mol. The fraction of sp³-hybridized carbons (Fsp3) is 0.333. The van der Waals surface area contributed by atoms with E-state index in [0.717, 1.165) is 36.8 Å². The molecule has 0 saturated carbocycles. The van der Waals surface area contributed by atoms with Crippen LogP contribution in [0, 0.1) is 0 Å². The first-order chi connectivity index (χ1) is 12.9. The molecule has 1 aromatic heterocycles. The van der Waals surface area contributed by atoms with E-state index in [1.807, 2.05) is 29.2 Å². The van der Waals surface area contributed by atoms with Crippen molar-refractivity contribution < 1.29 is 19.1 Å². The number of carboxylic acid groups (broad SMARTS) is 1. The molecule has 1 N–H and O–H groups in total.